The van der Waals surface area contributed by atoms with Gasteiger partial charge in [0.2, 0.25) is 15.9 Å². The molecule has 6 nitrogen and oxygen atoms in total. The van der Waals surface area contributed by atoms with Crippen LogP contribution in [0, 0.1) is 0 Å². The van der Waals surface area contributed by atoms with Crippen LogP contribution in [0.25, 0.3) is 0 Å². The largest absolute Gasteiger partial charge is 0.495 e. The summed E-state index contributed by atoms with van der Waals surface area (Å²) in [7, 11) is -2.50. The molecule has 0 radical (unpaired) electrons. The Kier molecular flexibility index (Phi) is 5.97. The van der Waals surface area contributed by atoms with Crippen LogP contribution in [0.2, 0.25) is 0 Å². The number of hydrogen-bond acceptors (Lipinski definition) is 4. The van der Waals surface area contributed by atoms with Crippen molar-refractivity contribution in [2.24, 2.45) is 5.14 Å². The van der Waals surface area contributed by atoms with Crippen LogP contribution in [0.5, 0.6) is 5.75 Å². The lowest BCUT2D eigenvalue weighted by Crippen LogP contribution is -2.15. The van der Waals surface area contributed by atoms with Gasteiger partial charge < -0.3 is 10.1 Å². The quantitative estimate of drug-likeness (QED) is 0.751. The zero-order valence-corrected chi connectivity index (χ0v) is 12.5. The Balaban J connectivity index is 2.81. The molecule has 0 aliphatic heterocycles. The number of ether oxygens (including phenoxy) is 1. The van der Waals surface area contributed by atoms with Gasteiger partial charge in [-0.25, -0.2) is 13.6 Å². The third-order valence-corrected chi connectivity index (χ3v) is 3.71. The molecule has 1 rings (SSSR count). The number of rotatable bonds is 7. The highest BCUT2D eigenvalue weighted by Gasteiger charge is 2.15. The van der Waals surface area contributed by atoms with Gasteiger partial charge in [-0.05, 0) is 18.6 Å². The molecule has 3 N–H and O–H groups in total. The standard InChI is InChI=1S/C13H20N2O4S/c1-3-4-5-6-13(16)15-10-7-8-12(20(14,17)18)11(9-10)19-2/h7-9H,3-6H2,1-2H3,(H,15,16)(H2,14,17,18). The van der Waals surface area contributed by atoms with E-state index >= 15 is 0 Å². The molecule has 0 spiro atoms. The van der Waals surface area contributed by atoms with Gasteiger partial charge in [-0.2, -0.15) is 0 Å². The van der Waals surface area contributed by atoms with E-state index < -0.39 is 10.0 Å². The lowest BCUT2D eigenvalue weighted by atomic mass is 10.2. The molecule has 0 atom stereocenters. The average molecular weight is 300 g/mol. The lowest BCUT2D eigenvalue weighted by molar-refractivity contribution is -0.116. The summed E-state index contributed by atoms with van der Waals surface area (Å²) < 4.78 is 27.6. The summed E-state index contributed by atoms with van der Waals surface area (Å²) >= 11 is 0. The van der Waals surface area contributed by atoms with Gasteiger partial charge in [-0.15, -0.1) is 0 Å². The predicted octanol–water partition coefficient (Wildman–Crippen LogP) is 1.86. The molecule has 0 heterocycles. The van der Waals surface area contributed by atoms with Crippen molar-refractivity contribution in [2.45, 2.75) is 37.5 Å². The maximum absolute atomic E-state index is 11.7. The summed E-state index contributed by atoms with van der Waals surface area (Å²) in [4.78, 5) is 11.6. The molecule has 7 heteroatoms. The SMILES string of the molecule is CCCCCC(=O)Nc1ccc(S(N)(=O)=O)c(OC)c1. The highest BCUT2D eigenvalue weighted by Crippen LogP contribution is 2.26. The Bertz CT molecular complexity index is 570. The van der Waals surface area contributed by atoms with Gasteiger partial charge in [-0.1, -0.05) is 19.8 Å². The van der Waals surface area contributed by atoms with E-state index in [2.05, 4.69) is 12.2 Å². The first-order chi connectivity index (χ1) is 9.38. The number of benzene rings is 1. The summed E-state index contributed by atoms with van der Waals surface area (Å²) in [5.41, 5.74) is 0.482. The van der Waals surface area contributed by atoms with Crippen LogP contribution >= 0.6 is 0 Å². The minimum Gasteiger partial charge on any atom is -0.495 e. The van der Waals surface area contributed by atoms with Gasteiger partial charge in [-0.3, -0.25) is 4.79 Å². The van der Waals surface area contributed by atoms with E-state index in [1.807, 2.05) is 0 Å². The van der Waals surface area contributed by atoms with E-state index in [0.29, 0.717) is 12.1 Å². The van der Waals surface area contributed by atoms with Gasteiger partial charge >= 0.3 is 0 Å². The molecule has 0 bridgehead atoms. The second kappa shape index (κ2) is 7.25. The van der Waals surface area contributed by atoms with Crippen molar-refractivity contribution < 1.29 is 17.9 Å². The van der Waals surface area contributed by atoms with Crippen LogP contribution in [0.4, 0.5) is 5.69 Å². The monoisotopic (exact) mass is 300 g/mol. The van der Waals surface area contributed by atoms with Crippen LogP contribution in [0.3, 0.4) is 0 Å². The number of carbonyl (C=O) groups excluding carboxylic acids is 1. The Hall–Kier alpha value is -1.60. The molecular formula is C13H20N2O4S. The summed E-state index contributed by atoms with van der Waals surface area (Å²) in [5, 5.41) is 7.77. The van der Waals surface area contributed by atoms with E-state index in [0.717, 1.165) is 19.3 Å². The number of sulfonamides is 1. The van der Waals surface area contributed by atoms with Crippen molar-refractivity contribution in [3.05, 3.63) is 18.2 Å². The highest BCUT2D eigenvalue weighted by atomic mass is 32.2. The van der Waals surface area contributed by atoms with Crippen molar-refractivity contribution in [3.63, 3.8) is 0 Å². The van der Waals surface area contributed by atoms with Gasteiger partial charge in [0.1, 0.15) is 10.6 Å². The molecule has 0 unspecified atom stereocenters. The van der Waals surface area contributed by atoms with E-state index in [9.17, 15) is 13.2 Å². The van der Waals surface area contributed by atoms with Gasteiger partial charge in [0.25, 0.3) is 0 Å². The molecule has 0 aliphatic carbocycles. The first kappa shape index (κ1) is 16.5. The van der Waals surface area contributed by atoms with Crippen molar-refractivity contribution >= 4 is 21.6 Å². The number of unbranched alkanes of at least 4 members (excludes halogenated alkanes) is 2. The molecule has 1 aromatic rings. The number of carbonyl (C=O) groups is 1. The smallest absolute Gasteiger partial charge is 0.241 e. The minimum atomic E-state index is -3.85. The second-order valence-electron chi connectivity index (χ2n) is 4.42. The fourth-order valence-corrected chi connectivity index (χ4v) is 2.42. The number of amides is 1. The topological polar surface area (TPSA) is 98.5 Å². The van der Waals surface area contributed by atoms with Gasteiger partial charge in [0.15, 0.2) is 0 Å². The molecule has 1 aromatic carbocycles. The van der Waals surface area contributed by atoms with E-state index in [1.165, 1.54) is 25.3 Å². The molecular weight excluding hydrogens is 280 g/mol. The normalized spacial score (nSPS) is 11.2. The average Bonchev–Trinajstić information content (AvgIpc) is 2.37. The fourth-order valence-electron chi connectivity index (χ4n) is 1.74. The highest BCUT2D eigenvalue weighted by molar-refractivity contribution is 7.89. The van der Waals surface area contributed by atoms with E-state index in [-0.39, 0.29) is 16.6 Å². The molecule has 112 valence electrons. The number of nitrogens with one attached hydrogen (secondary N) is 1. The first-order valence-electron chi connectivity index (χ1n) is 6.39. The molecule has 0 fully saturated rings. The zero-order chi connectivity index (χ0) is 15.2. The Morgan fingerprint density at radius 2 is 2.05 bits per heavy atom. The summed E-state index contributed by atoms with van der Waals surface area (Å²) in [5.74, 6) is 0.00252. The van der Waals surface area contributed by atoms with E-state index in [1.54, 1.807) is 0 Å². The van der Waals surface area contributed by atoms with Crippen LogP contribution in [0.15, 0.2) is 23.1 Å². The van der Waals surface area contributed by atoms with Crippen molar-refractivity contribution in [1.29, 1.82) is 0 Å². The number of methoxy groups -OCH3 is 1. The van der Waals surface area contributed by atoms with Crippen molar-refractivity contribution in [1.82, 2.24) is 0 Å². The van der Waals surface area contributed by atoms with Crippen molar-refractivity contribution in [2.75, 3.05) is 12.4 Å². The van der Waals surface area contributed by atoms with Crippen LogP contribution in [0.1, 0.15) is 32.6 Å². The summed E-state index contributed by atoms with van der Waals surface area (Å²) in [6.45, 7) is 2.06. The fraction of sp³-hybridized carbons (Fsp3) is 0.462. The number of anilines is 1. The Labute approximate surface area is 119 Å². The molecule has 1 amide bonds. The van der Waals surface area contributed by atoms with Crippen LogP contribution < -0.4 is 15.2 Å². The van der Waals surface area contributed by atoms with Gasteiger partial charge in [0, 0.05) is 18.2 Å². The molecule has 0 aliphatic rings. The van der Waals surface area contributed by atoms with Crippen molar-refractivity contribution in [3.8, 4) is 5.75 Å². The Morgan fingerprint density at radius 3 is 2.60 bits per heavy atom. The summed E-state index contributed by atoms with van der Waals surface area (Å²) in [6.07, 6.45) is 3.31. The molecule has 20 heavy (non-hydrogen) atoms. The number of hydrogen-bond donors (Lipinski definition) is 2. The maximum Gasteiger partial charge on any atom is 0.241 e. The number of nitrogens with two attached hydrogens (primary N) is 1. The zero-order valence-electron chi connectivity index (χ0n) is 11.7. The predicted molar refractivity (Wildman–Crippen MR) is 77.1 cm³/mol. The third kappa shape index (κ3) is 4.82. The second-order valence-corrected chi connectivity index (χ2v) is 5.95. The molecule has 0 saturated carbocycles. The van der Waals surface area contributed by atoms with Crippen LogP contribution in [-0.2, 0) is 14.8 Å². The third-order valence-electron chi connectivity index (χ3n) is 2.76. The summed E-state index contributed by atoms with van der Waals surface area (Å²) in [6, 6.07) is 4.24. The van der Waals surface area contributed by atoms with Gasteiger partial charge in [0.05, 0.1) is 7.11 Å². The maximum atomic E-state index is 11.7. The minimum absolute atomic E-state index is 0.107. The molecule has 0 aromatic heterocycles. The van der Waals surface area contributed by atoms with Crippen LogP contribution in [-0.4, -0.2) is 21.4 Å². The molecule has 0 saturated heterocycles. The first-order valence-corrected chi connectivity index (χ1v) is 7.93. The number of primary sulfonamides is 1. The lowest BCUT2D eigenvalue weighted by Gasteiger charge is -2.10. The van der Waals surface area contributed by atoms with E-state index in [4.69, 9.17) is 9.88 Å². The Morgan fingerprint density at radius 1 is 1.35 bits per heavy atom.